The SMILES string of the molecule is CCCC(CC(=O)O)Nc1nccn(C(C)C)c1=O. The zero-order valence-electron chi connectivity index (χ0n) is 11.6. The lowest BCUT2D eigenvalue weighted by Gasteiger charge is -2.17. The second-order valence-electron chi connectivity index (χ2n) is 4.81. The molecule has 1 atom stereocenters. The Hall–Kier alpha value is -1.85. The molecule has 0 fully saturated rings. The highest BCUT2D eigenvalue weighted by Crippen LogP contribution is 2.08. The summed E-state index contributed by atoms with van der Waals surface area (Å²) in [6.45, 7) is 5.79. The number of hydrogen-bond acceptors (Lipinski definition) is 4. The molecule has 6 heteroatoms. The fourth-order valence-corrected chi connectivity index (χ4v) is 1.91. The highest BCUT2D eigenvalue weighted by atomic mass is 16.4. The van der Waals surface area contributed by atoms with Crippen molar-refractivity contribution in [1.29, 1.82) is 0 Å². The van der Waals surface area contributed by atoms with Crippen molar-refractivity contribution in [2.75, 3.05) is 5.32 Å². The second kappa shape index (κ2) is 6.92. The van der Waals surface area contributed by atoms with Crippen molar-refractivity contribution in [3.63, 3.8) is 0 Å². The van der Waals surface area contributed by atoms with Crippen molar-refractivity contribution < 1.29 is 9.90 Å². The molecule has 0 saturated carbocycles. The van der Waals surface area contributed by atoms with E-state index in [1.54, 1.807) is 17.0 Å². The number of nitrogens with one attached hydrogen (secondary N) is 1. The van der Waals surface area contributed by atoms with Gasteiger partial charge in [-0.25, -0.2) is 4.98 Å². The fraction of sp³-hybridized carbons (Fsp3) is 0.615. The largest absolute Gasteiger partial charge is 0.481 e. The summed E-state index contributed by atoms with van der Waals surface area (Å²) in [5, 5.41) is 11.8. The van der Waals surface area contributed by atoms with Crippen LogP contribution in [0.2, 0.25) is 0 Å². The van der Waals surface area contributed by atoms with Crippen molar-refractivity contribution in [3.8, 4) is 0 Å². The lowest BCUT2D eigenvalue weighted by molar-refractivity contribution is -0.137. The minimum Gasteiger partial charge on any atom is -0.481 e. The first-order chi connectivity index (χ1) is 8.95. The summed E-state index contributed by atoms with van der Waals surface area (Å²) < 4.78 is 1.57. The lowest BCUT2D eigenvalue weighted by Crippen LogP contribution is -2.31. The van der Waals surface area contributed by atoms with Crippen LogP contribution in [0.1, 0.15) is 46.1 Å². The summed E-state index contributed by atoms with van der Waals surface area (Å²) in [7, 11) is 0. The number of carboxylic acids is 1. The Morgan fingerprint density at radius 3 is 2.74 bits per heavy atom. The Labute approximate surface area is 112 Å². The van der Waals surface area contributed by atoms with Gasteiger partial charge in [-0.15, -0.1) is 0 Å². The fourth-order valence-electron chi connectivity index (χ4n) is 1.91. The number of carboxylic acid groups (broad SMARTS) is 1. The van der Waals surface area contributed by atoms with Crippen LogP contribution in [-0.4, -0.2) is 26.7 Å². The predicted octanol–water partition coefficient (Wildman–Crippen LogP) is 1.88. The summed E-state index contributed by atoms with van der Waals surface area (Å²) >= 11 is 0. The summed E-state index contributed by atoms with van der Waals surface area (Å²) in [6.07, 6.45) is 4.68. The van der Waals surface area contributed by atoms with Crippen LogP contribution in [0, 0.1) is 0 Å². The van der Waals surface area contributed by atoms with E-state index < -0.39 is 5.97 Å². The van der Waals surface area contributed by atoms with Crippen LogP contribution in [0.5, 0.6) is 0 Å². The van der Waals surface area contributed by atoms with Crippen molar-refractivity contribution in [1.82, 2.24) is 9.55 Å². The smallest absolute Gasteiger partial charge is 0.305 e. The van der Waals surface area contributed by atoms with Gasteiger partial charge in [0.15, 0.2) is 5.82 Å². The molecule has 1 aromatic rings. The molecule has 1 unspecified atom stereocenters. The Morgan fingerprint density at radius 1 is 1.53 bits per heavy atom. The number of nitrogens with zero attached hydrogens (tertiary/aromatic N) is 2. The third kappa shape index (κ3) is 4.39. The quantitative estimate of drug-likeness (QED) is 0.788. The number of rotatable bonds is 7. The van der Waals surface area contributed by atoms with Crippen LogP contribution in [0.4, 0.5) is 5.82 Å². The lowest BCUT2D eigenvalue weighted by atomic mass is 10.1. The van der Waals surface area contributed by atoms with Gasteiger partial charge in [-0.2, -0.15) is 0 Å². The van der Waals surface area contributed by atoms with E-state index in [0.717, 1.165) is 6.42 Å². The summed E-state index contributed by atoms with van der Waals surface area (Å²) in [4.78, 5) is 26.9. The van der Waals surface area contributed by atoms with E-state index in [2.05, 4.69) is 10.3 Å². The highest BCUT2D eigenvalue weighted by Gasteiger charge is 2.15. The first kappa shape index (κ1) is 15.2. The van der Waals surface area contributed by atoms with Gasteiger partial charge in [0.2, 0.25) is 0 Å². The molecule has 0 aliphatic rings. The number of carbonyl (C=O) groups is 1. The number of anilines is 1. The van der Waals surface area contributed by atoms with Crippen LogP contribution in [0.25, 0.3) is 0 Å². The molecule has 0 aromatic carbocycles. The molecular formula is C13H21N3O3. The molecule has 0 saturated heterocycles. The van der Waals surface area contributed by atoms with Gasteiger partial charge in [0, 0.05) is 24.5 Å². The predicted molar refractivity (Wildman–Crippen MR) is 73.5 cm³/mol. The van der Waals surface area contributed by atoms with Crippen molar-refractivity contribution in [3.05, 3.63) is 22.7 Å². The van der Waals surface area contributed by atoms with E-state index in [9.17, 15) is 9.59 Å². The number of hydrogen-bond donors (Lipinski definition) is 2. The number of aromatic nitrogens is 2. The summed E-state index contributed by atoms with van der Waals surface area (Å²) in [5.74, 6) is -0.665. The molecule has 6 nitrogen and oxygen atoms in total. The van der Waals surface area contributed by atoms with E-state index in [-0.39, 0.29) is 29.9 Å². The van der Waals surface area contributed by atoms with Gasteiger partial charge < -0.3 is 15.0 Å². The highest BCUT2D eigenvalue weighted by molar-refractivity contribution is 5.68. The standard InChI is InChI=1S/C13H21N3O3/c1-4-5-10(8-11(17)18)15-12-13(19)16(9(2)3)7-6-14-12/h6-7,9-10H,4-5,8H2,1-3H3,(H,14,15)(H,17,18). The zero-order chi connectivity index (χ0) is 14.4. The van der Waals surface area contributed by atoms with Gasteiger partial charge in [0.05, 0.1) is 6.42 Å². The molecule has 0 amide bonds. The van der Waals surface area contributed by atoms with Crippen LogP contribution in [0.15, 0.2) is 17.2 Å². The average molecular weight is 267 g/mol. The molecule has 0 bridgehead atoms. The molecular weight excluding hydrogens is 246 g/mol. The molecule has 1 heterocycles. The van der Waals surface area contributed by atoms with Gasteiger partial charge in [-0.1, -0.05) is 13.3 Å². The topological polar surface area (TPSA) is 84.2 Å². The van der Waals surface area contributed by atoms with E-state index in [1.807, 2.05) is 20.8 Å². The summed E-state index contributed by atoms with van der Waals surface area (Å²) in [5.41, 5.74) is -0.219. The Kier molecular flexibility index (Phi) is 5.54. The molecule has 0 spiro atoms. The maximum absolute atomic E-state index is 12.1. The summed E-state index contributed by atoms with van der Waals surface area (Å²) in [6, 6.07) is -0.231. The van der Waals surface area contributed by atoms with Crippen molar-refractivity contribution >= 4 is 11.8 Å². The maximum atomic E-state index is 12.1. The third-order valence-electron chi connectivity index (χ3n) is 2.82. The molecule has 0 aliphatic carbocycles. The third-order valence-corrected chi connectivity index (χ3v) is 2.82. The molecule has 0 aliphatic heterocycles. The van der Waals surface area contributed by atoms with Crippen LogP contribution in [0.3, 0.4) is 0 Å². The minimum absolute atomic E-state index is 0.0223. The Balaban J connectivity index is 2.93. The van der Waals surface area contributed by atoms with E-state index >= 15 is 0 Å². The van der Waals surface area contributed by atoms with Crippen molar-refractivity contribution in [2.45, 2.75) is 52.1 Å². The van der Waals surface area contributed by atoms with Gasteiger partial charge in [-0.3, -0.25) is 9.59 Å². The Morgan fingerprint density at radius 2 is 2.21 bits per heavy atom. The van der Waals surface area contributed by atoms with Crippen molar-refractivity contribution in [2.24, 2.45) is 0 Å². The molecule has 2 N–H and O–H groups in total. The van der Waals surface area contributed by atoms with Crippen LogP contribution in [-0.2, 0) is 4.79 Å². The van der Waals surface area contributed by atoms with E-state index in [4.69, 9.17) is 5.11 Å². The van der Waals surface area contributed by atoms with Gasteiger partial charge >= 0.3 is 5.97 Å². The molecule has 19 heavy (non-hydrogen) atoms. The molecule has 106 valence electrons. The Bertz CT molecular complexity index is 482. The van der Waals surface area contributed by atoms with Crippen LogP contribution < -0.4 is 10.9 Å². The second-order valence-corrected chi connectivity index (χ2v) is 4.81. The van der Waals surface area contributed by atoms with Gasteiger partial charge in [0.1, 0.15) is 0 Å². The van der Waals surface area contributed by atoms with Crippen LogP contribution >= 0.6 is 0 Å². The van der Waals surface area contributed by atoms with Gasteiger partial charge in [-0.05, 0) is 20.3 Å². The molecule has 1 aromatic heterocycles. The average Bonchev–Trinajstić information content (AvgIpc) is 2.31. The molecule has 0 radical (unpaired) electrons. The number of aliphatic carboxylic acids is 1. The zero-order valence-corrected chi connectivity index (χ0v) is 11.6. The first-order valence-corrected chi connectivity index (χ1v) is 6.51. The maximum Gasteiger partial charge on any atom is 0.305 e. The monoisotopic (exact) mass is 267 g/mol. The molecule has 1 rings (SSSR count). The van der Waals surface area contributed by atoms with Gasteiger partial charge in [0.25, 0.3) is 5.56 Å². The normalized spacial score (nSPS) is 12.4. The minimum atomic E-state index is -0.883. The first-order valence-electron chi connectivity index (χ1n) is 6.51. The van der Waals surface area contributed by atoms with E-state index in [0.29, 0.717) is 6.42 Å². The van der Waals surface area contributed by atoms with E-state index in [1.165, 1.54) is 0 Å².